The fourth-order valence-electron chi connectivity index (χ4n) is 2.96. The van der Waals surface area contributed by atoms with E-state index in [9.17, 15) is 18.0 Å². The quantitative estimate of drug-likeness (QED) is 0.601. The molecule has 0 aliphatic rings. The number of benzene rings is 2. The molecule has 0 saturated heterocycles. The molecule has 0 saturated carbocycles. The van der Waals surface area contributed by atoms with Crippen LogP contribution in [-0.4, -0.2) is 37.8 Å². The number of methoxy groups -OCH3 is 1. The molecule has 0 spiro atoms. The fraction of sp³-hybridized carbons (Fsp3) is 0.273. The Kier molecular flexibility index (Phi) is 5.82. The van der Waals surface area contributed by atoms with Crippen LogP contribution in [0.4, 0.5) is 10.5 Å². The summed E-state index contributed by atoms with van der Waals surface area (Å²) in [6.07, 6.45) is -0.776. The van der Waals surface area contributed by atoms with Gasteiger partial charge in [0.05, 0.1) is 23.2 Å². The van der Waals surface area contributed by atoms with Gasteiger partial charge in [0.1, 0.15) is 11.3 Å². The predicted octanol–water partition coefficient (Wildman–Crippen LogP) is 4.32. The molecule has 1 N–H and O–H groups in total. The second kappa shape index (κ2) is 8.07. The van der Waals surface area contributed by atoms with Crippen molar-refractivity contribution in [2.75, 3.05) is 11.8 Å². The zero-order valence-corrected chi connectivity index (χ0v) is 18.7. The summed E-state index contributed by atoms with van der Waals surface area (Å²) < 4.78 is 39.3. The van der Waals surface area contributed by atoms with Crippen LogP contribution < -0.4 is 4.72 Å². The zero-order valence-electron chi connectivity index (χ0n) is 17.9. The van der Waals surface area contributed by atoms with E-state index in [1.54, 1.807) is 45.0 Å². The van der Waals surface area contributed by atoms with Crippen LogP contribution in [0.1, 0.15) is 36.8 Å². The molecule has 3 rings (SSSR count). The Bertz CT molecular complexity index is 1250. The third kappa shape index (κ3) is 4.88. The number of fused-ring (bicyclic) bond motifs is 1. The molecule has 1 heterocycles. The van der Waals surface area contributed by atoms with Gasteiger partial charge in [-0.05, 0) is 58.0 Å². The van der Waals surface area contributed by atoms with Gasteiger partial charge in [0.2, 0.25) is 0 Å². The first-order valence-corrected chi connectivity index (χ1v) is 11.0. The van der Waals surface area contributed by atoms with Crippen molar-refractivity contribution in [3.63, 3.8) is 0 Å². The van der Waals surface area contributed by atoms with Gasteiger partial charge in [-0.3, -0.25) is 4.72 Å². The van der Waals surface area contributed by atoms with Crippen molar-refractivity contribution in [2.24, 2.45) is 0 Å². The topological polar surface area (TPSA) is 104 Å². The lowest BCUT2D eigenvalue weighted by atomic mass is 10.2. The summed E-state index contributed by atoms with van der Waals surface area (Å²) in [5.41, 5.74) is 0.647. The number of carbonyl (C=O) groups is 2. The SMILES string of the molecule is COC(=O)c1cc2ccc(NS(=O)(=O)c3ccc(C)cc3)cc2n1C(=O)OC(C)(C)C. The third-order valence-corrected chi connectivity index (χ3v) is 5.76. The smallest absolute Gasteiger partial charge is 0.419 e. The van der Waals surface area contributed by atoms with Gasteiger partial charge in [0, 0.05) is 5.39 Å². The van der Waals surface area contributed by atoms with Crippen molar-refractivity contribution in [1.29, 1.82) is 0 Å². The molecule has 2 aromatic carbocycles. The zero-order chi connectivity index (χ0) is 23.0. The highest BCUT2D eigenvalue weighted by Gasteiger charge is 2.26. The first-order valence-electron chi connectivity index (χ1n) is 9.48. The summed E-state index contributed by atoms with van der Waals surface area (Å²) >= 11 is 0. The molecule has 0 unspecified atom stereocenters. The largest absolute Gasteiger partial charge is 0.464 e. The summed E-state index contributed by atoms with van der Waals surface area (Å²) in [4.78, 5) is 25.2. The molecule has 164 valence electrons. The second-order valence-corrected chi connectivity index (χ2v) is 9.71. The monoisotopic (exact) mass is 444 g/mol. The van der Waals surface area contributed by atoms with Crippen LogP contribution in [0.5, 0.6) is 0 Å². The van der Waals surface area contributed by atoms with Crippen LogP contribution in [0.15, 0.2) is 53.4 Å². The van der Waals surface area contributed by atoms with Crippen LogP contribution in [0.25, 0.3) is 10.9 Å². The number of anilines is 1. The average molecular weight is 445 g/mol. The van der Waals surface area contributed by atoms with Crippen molar-refractivity contribution in [1.82, 2.24) is 4.57 Å². The molecule has 0 radical (unpaired) electrons. The Morgan fingerprint density at radius 3 is 2.23 bits per heavy atom. The van der Waals surface area contributed by atoms with E-state index in [-0.39, 0.29) is 16.3 Å². The summed E-state index contributed by atoms with van der Waals surface area (Å²) in [5.74, 6) is -0.719. The molecule has 0 amide bonds. The van der Waals surface area contributed by atoms with Gasteiger partial charge in [0.15, 0.2) is 0 Å². The number of carbonyl (C=O) groups excluding carboxylic acids is 2. The number of rotatable bonds is 4. The minimum atomic E-state index is -3.84. The maximum absolute atomic E-state index is 12.8. The van der Waals surface area contributed by atoms with E-state index in [4.69, 9.17) is 9.47 Å². The predicted molar refractivity (Wildman–Crippen MR) is 117 cm³/mol. The van der Waals surface area contributed by atoms with Gasteiger partial charge in [-0.1, -0.05) is 23.8 Å². The van der Waals surface area contributed by atoms with Crippen molar-refractivity contribution < 1.29 is 27.5 Å². The number of ether oxygens (including phenoxy) is 2. The lowest BCUT2D eigenvalue weighted by Crippen LogP contribution is -2.29. The van der Waals surface area contributed by atoms with Crippen LogP contribution >= 0.6 is 0 Å². The summed E-state index contributed by atoms with van der Waals surface area (Å²) in [7, 11) is -2.63. The highest BCUT2D eigenvalue weighted by Crippen LogP contribution is 2.27. The van der Waals surface area contributed by atoms with Crippen LogP contribution in [-0.2, 0) is 19.5 Å². The van der Waals surface area contributed by atoms with E-state index in [0.29, 0.717) is 10.9 Å². The van der Waals surface area contributed by atoms with Crippen LogP contribution in [0.2, 0.25) is 0 Å². The molecule has 3 aromatic rings. The maximum atomic E-state index is 12.8. The van der Waals surface area contributed by atoms with E-state index >= 15 is 0 Å². The molecule has 0 aliphatic carbocycles. The molecule has 0 bridgehead atoms. The molecule has 0 atom stereocenters. The van der Waals surface area contributed by atoms with Gasteiger partial charge in [-0.15, -0.1) is 0 Å². The van der Waals surface area contributed by atoms with Crippen molar-refractivity contribution in [2.45, 2.75) is 38.2 Å². The number of aryl methyl sites for hydroxylation is 1. The summed E-state index contributed by atoms with van der Waals surface area (Å²) in [6.45, 7) is 6.97. The minimum absolute atomic E-state index is 0.0229. The highest BCUT2D eigenvalue weighted by atomic mass is 32.2. The van der Waals surface area contributed by atoms with Gasteiger partial charge < -0.3 is 9.47 Å². The minimum Gasteiger partial charge on any atom is -0.464 e. The summed E-state index contributed by atoms with van der Waals surface area (Å²) in [6, 6.07) is 12.5. The Labute approximate surface area is 180 Å². The molecule has 0 fully saturated rings. The Balaban J connectivity index is 2.08. The first kappa shape index (κ1) is 22.4. The molecule has 0 aliphatic heterocycles. The normalized spacial score (nSPS) is 11.9. The third-order valence-electron chi connectivity index (χ3n) is 4.36. The number of aromatic nitrogens is 1. The van der Waals surface area contributed by atoms with Gasteiger partial charge in [-0.2, -0.15) is 0 Å². The Morgan fingerprint density at radius 1 is 1.00 bits per heavy atom. The molecular weight excluding hydrogens is 420 g/mol. The molecule has 31 heavy (non-hydrogen) atoms. The molecule has 8 nitrogen and oxygen atoms in total. The number of nitrogens with zero attached hydrogens (tertiary/aromatic N) is 1. The number of esters is 1. The van der Waals surface area contributed by atoms with E-state index in [2.05, 4.69) is 4.72 Å². The highest BCUT2D eigenvalue weighted by molar-refractivity contribution is 7.92. The molecule has 1 aromatic heterocycles. The van der Waals surface area contributed by atoms with E-state index in [1.807, 2.05) is 6.92 Å². The standard InChI is InChI=1S/C22H24N2O6S/c1-14-6-10-17(11-7-14)31(27,28)23-16-9-8-15-12-19(20(25)29-5)24(18(15)13-16)21(26)30-22(2,3)4/h6-13,23H,1-5H3. The Hall–Kier alpha value is -3.33. The number of sulfonamides is 1. The summed E-state index contributed by atoms with van der Waals surface area (Å²) in [5, 5.41) is 0.546. The lowest BCUT2D eigenvalue weighted by Gasteiger charge is -2.20. The fourth-order valence-corrected chi connectivity index (χ4v) is 4.00. The van der Waals surface area contributed by atoms with E-state index < -0.39 is 27.7 Å². The van der Waals surface area contributed by atoms with Crippen LogP contribution in [0, 0.1) is 6.92 Å². The van der Waals surface area contributed by atoms with Crippen molar-refractivity contribution in [3.8, 4) is 0 Å². The van der Waals surface area contributed by atoms with Gasteiger partial charge in [0.25, 0.3) is 10.0 Å². The molecule has 9 heteroatoms. The van der Waals surface area contributed by atoms with Crippen molar-refractivity contribution in [3.05, 3.63) is 59.8 Å². The first-order chi connectivity index (χ1) is 14.4. The lowest BCUT2D eigenvalue weighted by molar-refractivity contribution is 0.0490. The maximum Gasteiger partial charge on any atom is 0.419 e. The van der Waals surface area contributed by atoms with E-state index in [0.717, 1.165) is 10.1 Å². The number of hydrogen-bond acceptors (Lipinski definition) is 6. The number of hydrogen-bond donors (Lipinski definition) is 1. The number of nitrogens with one attached hydrogen (secondary N) is 1. The van der Waals surface area contributed by atoms with E-state index in [1.165, 1.54) is 31.4 Å². The van der Waals surface area contributed by atoms with Gasteiger partial charge >= 0.3 is 12.1 Å². The Morgan fingerprint density at radius 2 is 1.65 bits per heavy atom. The van der Waals surface area contributed by atoms with Gasteiger partial charge in [-0.25, -0.2) is 22.6 Å². The molecular formula is C22H24N2O6S. The second-order valence-electron chi connectivity index (χ2n) is 8.03. The van der Waals surface area contributed by atoms with Crippen molar-refractivity contribution >= 4 is 38.7 Å². The van der Waals surface area contributed by atoms with Crippen LogP contribution in [0.3, 0.4) is 0 Å². The average Bonchev–Trinajstić information content (AvgIpc) is 3.05.